The van der Waals surface area contributed by atoms with Crippen molar-refractivity contribution in [2.75, 3.05) is 30.9 Å². The molecule has 2 aromatic heterocycles. The average molecular weight is 423 g/mol. The predicted molar refractivity (Wildman–Crippen MR) is 117 cm³/mol. The number of aromatic nitrogens is 2. The summed E-state index contributed by atoms with van der Waals surface area (Å²) in [5, 5.41) is 0. The molecule has 2 aromatic rings. The molecule has 0 unspecified atom stereocenters. The zero-order chi connectivity index (χ0) is 21.7. The highest BCUT2D eigenvalue weighted by atomic mass is 32.1. The van der Waals surface area contributed by atoms with Crippen LogP contribution in [0.2, 0.25) is 0 Å². The van der Waals surface area contributed by atoms with E-state index >= 15 is 0 Å². The lowest BCUT2D eigenvalue weighted by Crippen LogP contribution is -2.42. The van der Waals surface area contributed by atoms with Crippen molar-refractivity contribution in [1.82, 2.24) is 9.55 Å². The molecule has 2 rings (SSSR count). The van der Waals surface area contributed by atoms with Crippen molar-refractivity contribution in [2.45, 2.75) is 47.1 Å². The van der Waals surface area contributed by atoms with Crippen LogP contribution >= 0.6 is 11.3 Å². The van der Waals surface area contributed by atoms with Crippen LogP contribution < -0.4 is 21.9 Å². The molecule has 160 valence electrons. The van der Waals surface area contributed by atoms with Gasteiger partial charge in [0, 0.05) is 31.7 Å². The first kappa shape index (κ1) is 22.9. The van der Waals surface area contributed by atoms with Crippen molar-refractivity contribution in [3.05, 3.63) is 42.2 Å². The second-order valence-electron chi connectivity index (χ2n) is 7.35. The van der Waals surface area contributed by atoms with Gasteiger partial charge in [0.15, 0.2) is 5.69 Å². The summed E-state index contributed by atoms with van der Waals surface area (Å²) in [6.07, 6.45) is 1.34. The van der Waals surface area contributed by atoms with E-state index in [1.165, 1.54) is 20.8 Å². The molecule has 2 heterocycles. The van der Waals surface area contributed by atoms with Crippen molar-refractivity contribution in [3.63, 3.8) is 0 Å². The molecule has 9 heteroatoms. The van der Waals surface area contributed by atoms with Crippen LogP contribution in [0.4, 0.5) is 11.5 Å². The number of anilines is 2. The molecular formula is C20H30N4O4S. The molecule has 29 heavy (non-hydrogen) atoms. The lowest BCUT2D eigenvalue weighted by Gasteiger charge is -2.24. The molecule has 0 saturated carbocycles. The number of ether oxygens (including phenoxy) is 1. The Hall–Kier alpha value is -2.39. The molecule has 1 amide bonds. The van der Waals surface area contributed by atoms with Crippen LogP contribution in [0, 0.1) is 12.8 Å². The molecule has 8 nitrogen and oxygen atoms in total. The van der Waals surface area contributed by atoms with E-state index < -0.39 is 11.2 Å². The van der Waals surface area contributed by atoms with Gasteiger partial charge in [-0.15, -0.1) is 11.3 Å². The van der Waals surface area contributed by atoms with Gasteiger partial charge in [-0.1, -0.05) is 20.8 Å². The predicted octanol–water partition coefficient (Wildman–Crippen LogP) is 2.39. The molecule has 0 fully saturated rings. The van der Waals surface area contributed by atoms with Crippen LogP contribution in [0.15, 0.2) is 15.7 Å². The van der Waals surface area contributed by atoms with Gasteiger partial charge < -0.3 is 10.5 Å². The standard InChI is InChI=1S/C20H30N4O4S/c1-6-14-10-15(29-13(14)4)19(26)23(8-7-9-28-5)16-17(21)24(11-12(2)3)20(27)22-18(16)25/h10,12H,6-9,11,21H2,1-5H3,(H,22,25,27). The number of carbonyl (C=O) groups excluding carboxylic acids is 1. The van der Waals surface area contributed by atoms with E-state index in [9.17, 15) is 14.4 Å². The van der Waals surface area contributed by atoms with E-state index in [0.717, 1.165) is 16.9 Å². The number of amides is 1. The van der Waals surface area contributed by atoms with Crippen LogP contribution in [0.1, 0.15) is 47.3 Å². The molecule has 0 aliphatic rings. The van der Waals surface area contributed by atoms with Gasteiger partial charge in [0.25, 0.3) is 11.5 Å². The lowest BCUT2D eigenvalue weighted by molar-refractivity contribution is 0.0987. The van der Waals surface area contributed by atoms with E-state index in [0.29, 0.717) is 24.4 Å². The first-order valence-electron chi connectivity index (χ1n) is 9.73. The summed E-state index contributed by atoms with van der Waals surface area (Å²) < 4.78 is 6.42. The number of H-pyrrole nitrogens is 1. The summed E-state index contributed by atoms with van der Waals surface area (Å²) in [5.41, 5.74) is 6.11. The van der Waals surface area contributed by atoms with Crippen molar-refractivity contribution >= 4 is 28.7 Å². The summed E-state index contributed by atoms with van der Waals surface area (Å²) in [6, 6.07) is 1.86. The highest BCUT2D eigenvalue weighted by Gasteiger charge is 2.26. The van der Waals surface area contributed by atoms with Gasteiger partial charge in [0.05, 0.1) is 4.88 Å². The molecule has 0 atom stereocenters. The van der Waals surface area contributed by atoms with Crippen LogP contribution in [0.5, 0.6) is 0 Å². The van der Waals surface area contributed by atoms with Crippen molar-refractivity contribution in [1.29, 1.82) is 0 Å². The minimum absolute atomic E-state index is 0.00205. The molecule has 0 saturated heterocycles. The van der Waals surface area contributed by atoms with Gasteiger partial charge in [0.2, 0.25) is 0 Å². The quantitative estimate of drug-likeness (QED) is 0.603. The van der Waals surface area contributed by atoms with E-state index in [2.05, 4.69) is 4.98 Å². The summed E-state index contributed by atoms with van der Waals surface area (Å²) in [4.78, 5) is 43.6. The van der Waals surface area contributed by atoms with Crippen molar-refractivity contribution in [3.8, 4) is 0 Å². The molecule has 0 aliphatic heterocycles. The number of nitrogens with zero attached hydrogens (tertiary/aromatic N) is 2. The Morgan fingerprint density at radius 2 is 2.07 bits per heavy atom. The molecule has 0 aromatic carbocycles. The Bertz CT molecular complexity index is 974. The van der Waals surface area contributed by atoms with Gasteiger partial charge in [-0.05, 0) is 37.3 Å². The maximum atomic E-state index is 13.3. The van der Waals surface area contributed by atoms with Crippen LogP contribution in [-0.4, -0.2) is 35.7 Å². The van der Waals surface area contributed by atoms with Crippen molar-refractivity contribution in [2.24, 2.45) is 5.92 Å². The summed E-state index contributed by atoms with van der Waals surface area (Å²) in [6.45, 7) is 8.91. The topological polar surface area (TPSA) is 110 Å². The van der Waals surface area contributed by atoms with Gasteiger partial charge in [-0.3, -0.25) is 24.0 Å². The smallest absolute Gasteiger partial charge is 0.330 e. The number of aryl methyl sites for hydroxylation is 2. The second-order valence-corrected chi connectivity index (χ2v) is 8.60. The summed E-state index contributed by atoms with van der Waals surface area (Å²) in [5.74, 6) is -0.165. The Labute approximate surface area is 174 Å². The van der Waals surface area contributed by atoms with E-state index in [-0.39, 0.29) is 29.9 Å². The van der Waals surface area contributed by atoms with Gasteiger partial charge >= 0.3 is 5.69 Å². The number of aromatic amines is 1. The number of methoxy groups -OCH3 is 1. The number of thiophene rings is 1. The van der Waals surface area contributed by atoms with Gasteiger partial charge in [-0.2, -0.15) is 0 Å². The number of nitrogen functional groups attached to an aromatic ring is 1. The van der Waals surface area contributed by atoms with Crippen molar-refractivity contribution < 1.29 is 9.53 Å². The fourth-order valence-corrected chi connectivity index (χ4v) is 4.24. The summed E-state index contributed by atoms with van der Waals surface area (Å²) >= 11 is 1.39. The highest BCUT2D eigenvalue weighted by Crippen LogP contribution is 2.26. The molecule has 0 bridgehead atoms. The third-order valence-corrected chi connectivity index (χ3v) is 5.70. The molecular weight excluding hydrogens is 392 g/mol. The summed E-state index contributed by atoms with van der Waals surface area (Å²) in [7, 11) is 1.58. The molecule has 0 spiro atoms. The number of rotatable bonds is 9. The molecule has 0 aliphatic carbocycles. The van der Waals surface area contributed by atoms with Crippen LogP contribution in [-0.2, 0) is 17.7 Å². The maximum Gasteiger partial charge on any atom is 0.330 e. The monoisotopic (exact) mass is 422 g/mol. The van der Waals surface area contributed by atoms with E-state index in [4.69, 9.17) is 10.5 Å². The van der Waals surface area contributed by atoms with Gasteiger partial charge in [-0.25, -0.2) is 4.79 Å². The fourth-order valence-electron chi connectivity index (χ4n) is 3.18. The Kier molecular flexibility index (Phi) is 7.80. The normalized spacial score (nSPS) is 11.2. The number of hydrogen-bond acceptors (Lipinski definition) is 6. The zero-order valence-electron chi connectivity index (χ0n) is 17.7. The average Bonchev–Trinajstić information content (AvgIpc) is 3.04. The first-order valence-corrected chi connectivity index (χ1v) is 10.6. The minimum atomic E-state index is -0.665. The zero-order valence-corrected chi connectivity index (χ0v) is 18.5. The van der Waals surface area contributed by atoms with Crippen LogP contribution in [0.25, 0.3) is 0 Å². The van der Waals surface area contributed by atoms with Gasteiger partial charge in [0.1, 0.15) is 5.82 Å². The van der Waals surface area contributed by atoms with E-state index in [1.54, 1.807) is 7.11 Å². The Balaban J connectivity index is 2.58. The largest absolute Gasteiger partial charge is 0.385 e. The number of nitrogens with one attached hydrogen (secondary N) is 1. The second kappa shape index (κ2) is 9.89. The SMILES string of the molecule is CCc1cc(C(=O)N(CCCOC)c2c(N)n(CC(C)C)c(=O)[nH]c2=O)sc1C. The molecule has 3 N–H and O–H groups in total. The van der Waals surface area contributed by atoms with Crippen LogP contribution in [0.3, 0.4) is 0 Å². The fraction of sp³-hybridized carbons (Fsp3) is 0.550. The Morgan fingerprint density at radius 3 is 2.62 bits per heavy atom. The maximum absolute atomic E-state index is 13.3. The number of carbonyl (C=O) groups is 1. The molecule has 0 radical (unpaired) electrons. The first-order chi connectivity index (χ1) is 13.7. The Morgan fingerprint density at radius 1 is 1.38 bits per heavy atom. The number of nitrogens with two attached hydrogens (primary N) is 1. The number of hydrogen-bond donors (Lipinski definition) is 2. The van der Waals surface area contributed by atoms with E-state index in [1.807, 2.05) is 33.8 Å². The lowest BCUT2D eigenvalue weighted by atomic mass is 10.2. The minimum Gasteiger partial charge on any atom is -0.385 e. The third kappa shape index (κ3) is 5.16. The third-order valence-electron chi connectivity index (χ3n) is 4.62. The highest BCUT2D eigenvalue weighted by molar-refractivity contribution is 7.14.